The van der Waals surface area contributed by atoms with Crippen LogP contribution in [0.3, 0.4) is 0 Å². The summed E-state index contributed by atoms with van der Waals surface area (Å²) in [5, 5.41) is 13.2. The molecule has 2 saturated heterocycles. The zero-order valence-corrected chi connectivity index (χ0v) is 13.5. The number of urea groups is 1. The molecule has 0 aromatic heterocycles. The highest BCUT2D eigenvalue weighted by Gasteiger charge is 2.44. The average molecular weight is 318 g/mol. The molecule has 3 rings (SSSR count). The molecule has 5 heteroatoms. The van der Waals surface area contributed by atoms with Crippen LogP contribution < -0.4 is 5.32 Å². The third kappa shape index (κ3) is 3.85. The van der Waals surface area contributed by atoms with Crippen LogP contribution in [0.2, 0.25) is 0 Å². The lowest BCUT2D eigenvalue weighted by atomic mass is 9.82. The lowest BCUT2D eigenvalue weighted by molar-refractivity contribution is -0.173. The molecule has 0 bridgehead atoms. The lowest BCUT2D eigenvalue weighted by Gasteiger charge is -2.46. The average Bonchev–Trinajstić information content (AvgIpc) is 2.59. The molecule has 2 aliphatic heterocycles. The highest BCUT2D eigenvalue weighted by molar-refractivity contribution is 5.74. The fourth-order valence-corrected chi connectivity index (χ4v) is 3.55. The predicted molar refractivity (Wildman–Crippen MR) is 88.3 cm³/mol. The van der Waals surface area contributed by atoms with E-state index in [1.54, 1.807) is 0 Å². The van der Waals surface area contributed by atoms with E-state index in [1.807, 2.05) is 23.1 Å². The Kier molecular flexibility index (Phi) is 5.18. The first-order valence-electron chi connectivity index (χ1n) is 8.58. The van der Waals surface area contributed by atoms with Gasteiger partial charge < -0.3 is 20.1 Å². The number of nitrogens with one attached hydrogen (secondary N) is 1. The normalized spacial score (nSPS) is 23.7. The second-order valence-electron chi connectivity index (χ2n) is 6.53. The molecular weight excluding hydrogens is 292 g/mol. The molecule has 2 aliphatic rings. The first-order chi connectivity index (χ1) is 11.2. The van der Waals surface area contributed by atoms with Crippen molar-refractivity contribution in [2.75, 3.05) is 26.2 Å². The van der Waals surface area contributed by atoms with Crippen molar-refractivity contribution in [2.24, 2.45) is 0 Å². The number of carbonyl (C=O) groups is 1. The molecule has 5 nitrogen and oxygen atoms in total. The van der Waals surface area contributed by atoms with E-state index in [4.69, 9.17) is 4.74 Å². The lowest BCUT2D eigenvalue weighted by Crippen LogP contribution is -2.57. The van der Waals surface area contributed by atoms with Crippen LogP contribution in [0.5, 0.6) is 0 Å². The Balaban J connectivity index is 1.43. The Morgan fingerprint density at radius 2 is 2.04 bits per heavy atom. The van der Waals surface area contributed by atoms with Gasteiger partial charge in [0.15, 0.2) is 0 Å². The van der Waals surface area contributed by atoms with Gasteiger partial charge in [-0.3, -0.25) is 0 Å². The molecule has 0 saturated carbocycles. The fourth-order valence-electron chi connectivity index (χ4n) is 3.55. The van der Waals surface area contributed by atoms with Gasteiger partial charge in [0.05, 0.1) is 11.7 Å². The van der Waals surface area contributed by atoms with E-state index in [9.17, 15) is 9.90 Å². The minimum atomic E-state index is -0.418. The number of amides is 2. The SMILES string of the molecule is O=C(NCCc1ccccc1)N1CCC2(CC1)OCCC[C@@H]2O. The van der Waals surface area contributed by atoms with Crippen molar-refractivity contribution >= 4 is 6.03 Å². The highest BCUT2D eigenvalue weighted by Crippen LogP contribution is 2.35. The zero-order chi connectivity index (χ0) is 16.1. The topological polar surface area (TPSA) is 61.8 Å². The van der Waals surface area contributed by atoms with Crippen LogP contribution >= 0.6 is 0 Å². The largest absolute Gasteiger partial charge is 0.390 e. The molecule has 1 atom stereocenters. The maximum atomic E-state index is 12.3. The van der Waals surface area contributed by atoms with Gasteiger partial charge in [0.2, 0.25) is 0 Å². The minimum absolute atomic E-state index is 0.0129. The summed E-state index contributed by atoms with van der Waals surface area (Å²) >= 11 is 0. The Morgan fingerprint density at radius 3 is 2.74 bits per heavy atom. The number of hydrogen-bond acceptors (Lipinski definition) is 3. The summed E-state index contributed by atoms with van der Waals surface area (Å²) < 4.78 is 5.88. The standard InChI is InChI=1S/C18H26N2O3/c21-16-7-4-14-23-18(16)9-12-20(13-10-18)17(22)19-11-8-15-5-2-1-3-6-15/h1-3,5-6,16,21H,4,7-14H2,(H,19,22)/t16-/m0/s1. The van der Waals surface area contributed by atoms with Gasteiger partial charge in [-0.1, -0.05) is 30.3 Å². The van der Waals surface area contributed by atoms with E-state index in [-0.39, 0.29) is 12.1 Å². The molecule has 1 aromatic carbocycles. The Hall–Kier alpha value is -1.59. The highest BCUT2D eigenvalue weighted by atomic mass is 16.5. The molecule has 23 heavy (non-hydrogen) atoms. The van der Waals surface area contributed by atoms with Gasteiger partial charge in [-0.05, 0) is 37.7 Å². The van der Waals surface area contributed by atoms with E-state index in [0.29, 0.717) is 19.6 Å². The van der Waals surface area contributed by atoms with Gasteiger partial charge in [-0.2, -0.15) is 0 Å². The van der Waals surface area contributed by atoms with Crippen LogP contribution in [0.25, 0.3) is 0 Å². The van der Waals surface area contributed by atoms with Crippen molar-refractivity contribution in [3.05, 3.63) is 35.9 Å². The maximum absolute atomic E-state index is 12.3. The maximum Gasteiger partial charge on any atom is 0.317 e. The number of hydrogen-bond donors (Lipinski definition) is 2. The second kappa shape index (κ2) is 7.32. The van der Waals surface area contributed by atoms with E-state index in [1.165, 1.54) is 5.56 Å². The van der Waals surface area contributed by atoms with Crippen LogP contribution in [0.4, 0.5) is 4.79 Å². The molecule has 2 heterocycles. The van der Waals surface area contributed by atoms with Gasteiger partial charge in [0, 0.05) is 26.2 Å². The van der Waals surface area contributed by atoms with Crippen molar-refractivity contribution in [3.8, 4) is 0 Å². The Bertz CT molecular complexity index is 512. The number of nitrogens with zero attached hydrogens (tertiary/aromatic N) is 1. The van der Waals surface area contributed by atoms with E-state index < -0.39 is 5.60 Å². The molecule has 0 radical (unpaired) electrons. The summed E-state index contributed by atoms with van der Waals surface area (Å²) in [6.07, 6.45) is 3.63. The van der Waals surface area contributed by atoms with Crippen molar-refractivity contribution in [3.63, 3.8) is 0 Å². The van der Waals surface area contributed by atoms with Crippen molar-refractivity contribution in [1.82, 2.24) is 10.2 Å². The molecule has 0 aliphatic carbocycles. The molecule has 1 spiro atoms. The quantitative estimate of drug-likeness (QED) is 0.895. The Labute approximate surface area is 137 Å². The fraction of sp³-hybridized carbons (Fsp3) is 0.611. The predicted octanol–water partition coefficient (Wildman–Crippen LogP) is 1.94. The van der Waals surface area contributed by atoms with Gasteiger partial charge in [0.25, 0.3) is 0 Å². The molecule has 1 aromatic rings. The summed E-state index contributed by atoms with van der Waals surface area (Å²) in [5.41, 5.74) is 0.808. The molecule has 2 fully saturated rings. The molecular formula is C18H26N2O3. The number of piperidine rings is 1. The molecule has 2 amide bonds. The van der Waals surface area contributed by atoms with Crippen molar-refractivity contribution < 1.29 is 14.6 Å². The van der Waals surface area contributed by atoms with Gasteiger partial charge in [-0.25, -0.2) is 4.79 Å². The van der Waals surface area contributed by atoms with E-state index in [0.717, 1.165) is 38.7 Å². The summed E-state index contributed by atoms with van der Waals surface area (Å²) in [6, 6.07) is 10.1. The molecule has 2 N–H and O–H groups in total. The van der Waals surface area contributed by atoms with Crippen LogP contribution in [0, 0.1) is 0 Å². The minimum Gasteiger partial charge on any atom is -0.390 e. The van der Waals surface area contributed by atoms with Crippen molar-refractivity contribution in [1.29, 1.82) is 0 Å². The molecule has 0 unspecified atom stereocenters. The number of carbonyl (C=O) groups excluding carboxylic acids is 1. The van der Waals surface area contributed by atoms with Crippen molar-refractivity contribution in [2.45, 2.75) is 43.8 Å². The second-order valence-corrected chi connectivity index (χ2v) is 6.53. The third-order valence-electron chi connectivity index (χ3n) is 5.05. The van der Waals surface area contributed by atoms with Crippen LogP contribution in [0.1, 0.15) is 31.2 Å². The number of benzene rings is 1. The number of ether oxygens (including phenoxy) is 1. The third-order valence-corrected chi connectivity index (χ3v) is 5.05. The number of aliphatic hydroxyl groups is 1. The van der Waals surface area contributed by atoms with Gasteiger partial charge in [0.1, 0.15) is 0 Å². The number of rotatable bonds is 3. The monoisotopic (exact) mass is 318 g/mol. The smallest absolute Gasteiger partial charge is 0.317 e. The number of aliphatic hydroxyl groups excluding tert-OH is 1. The van der Waals surface area contributed by atoms with E-state index >= 15 is 0 Å². The first-order valence-corrected chi connectivity index (χ1v) is 8.58. The summed E-state index contributed by atoms with van der Waals surface area (Å²) in [6.45, 7) is 2.66. The van der Waals surface area contributed by atoms with Gasteiger partial charge >= 0.3 is 6.03 Å². The summed E-state index contributed by atoms with van der Waals surface area (Å²) in [7, 11) is 0. The zero-order valence-electron chi connectivity index (χ0n) is 13.5. The Morgan fingerprint density at radius 1 is 1.30 bits per heavy atom. The summed E-state index contributed by atoms with van der Waals surface area (Å²) in [5.74, 6) is 0. The number of likely N-dealkylation sites (tertiary alicyclic amines) is 1. The van der Waals surface area contributed by atoms with Crippen LogP contribution in [-0.4, -0.2) is 54.0 Å². The molecule has 126 valence electrons. The summed E-state index contributed by atoms with van der Waals surface area (Å²) in [4.78, 5) is 14.1. The van der Waals surface area contributed by atoms with Gasteiger partial charge in [-0.15, -0.1) is 0 Å². The van der Waals surface area contributed by atoms with Crippen LogP contribution in [-0.2, 0) is 11.2 Å². The van der Waals surface area contributed by atoms with E-state index in [2.05, 4.69) is 17.4 Å². The van der Waals surface area contributed by atoms with Crippen LogP contribution in [0.15, 0.2) is 30.3 Å². The first kappa shape index (κ1) is 16.3.